The predicted octanol–water partition coefficient (Wildman–Crippen LogP) is 1.29. The number of carbonyl (C=O) groups is 2. The van der Waals surface area contributed by atoms with E-state index in [0.717, 1.165) is 11.3 Å². The number of hydrogen-bond donors (Lipinski definition) is 3. The Kier molecular flexibility index (Phi) is 5.85. The lowest BCUT2D eigenvalue weighted by atomic mass is 10.1. The normalized spacial score (nSPS) is 9.84. The second-order valence-electron chi connectivity index (χ2n) is 4.24. The van der Waals surface area contributed by atoms with E-state index in [4.69, 9.17) is 0 Å². The second-order valence-corrected chi connectivity index (χ2v) is 4.24. The van der Waals surface area contributed by atoms with E-state index in [-0.39, 0.29) is 11.8 Å². The van der Waals surface area contributed by atoms with Gasteiger partial charge in [0.2, 0.25) is 5.91 Å². The number of amides is 2. The van der Waals surface area contributed by atoms with Crippen molar-refractivity contribution in [2.24, 2.45) is 0 Å². The standard InChI is InChI=1S/C14H21N3O2/c1-4-16-13(18)7-8-17-14(19)11-5-6-12(15-3)10(2)9-11/h5-6,9,15H,4,7-8H2,1-3H3,(H,16,18)(H,17,19). The zero-order valence-electron chi connectivity index (χ0n) is 11.7. The molecule has 5 heteroatoms. The van der Waals surface area contributed by atoms with Crippen molar-refractivity contribution >= 4 is 17.5 Å². The van der Waals surface area contributed by atoms with Crippen LogP contribution >= 0.6 is 0 Å². The average Bonchev–Trinajstić information content (AvgIpc) is 2.38. The summed E-state index contributed by atoms with van der Waals surface area (Å²) >= 11 is 0. The molecule has 0 aromatic heterocycles. The maximum absolute atomic E-state index is 11.9. The van der Waals surface area contributed by atoms with E-state index in [0.29, 0.717) is 25.1 Å². The Morgan fingerprint density at radius 1 is 1.21 bits per heavy atom. The van der Waals surface area contributed by atoms with Crippen LogP contribution in [0.15, 0.2) is 18.2 Å². The van der Waals surface area contributed by atoms with Crippen molar-refractivity contribution in [2.75, 3.05) is 25.5 Å². The molecule has 1 aromatic carbocycles. The third-order valence-corrected chi connectivity index (χ3v) is 2.77. The van der Waals surface area contributed by atoms with Gasteiger partial charge in [-0.25, -0.2) is 0 Å². The summed E-state index contributed by atoms with van der Waals surface area (Å²) < 4.78 is 0. The largest absolute Gasteiger partial charge is 0.388 e. The van der Waals surface area contributed by atoms with E-state index in [9.17, 15) is 9.59 Å². The van der Waals surface area contributed by atoms with Gasteiger partial charge < -0.3 is 16.0 Å². The smallest absolute Gasteiger partial charge is 0.251 e. The Hall–Kier alpha value is -2.04. The van der Waals surface area contributed by atoms with Crippen LogP contribution in [0, 0.1) is 6.92 Å². The highest BCUT2D eigenvalue weighted by Gasteiger charge is 2.07. The molecular weight excluding hydrogens is 242 g/mol. The number of carbonyl (C=O) groups excluding carboxylic acids is 2. The van der Waals surface area contributed by atoms with Crippen LogP contribution in [-0.2, 0) is 4.79 Å². The van der Waals surface area contributed by atoms with Gasteiger partial charge >= 0.3 is 0 Å². The minimum Gasteiger partial charge on any atom is -0.388 e. The van der Waals surface area contributed by atoms with Crippen LogP contribution in [0.25, 0.3) is 0 Å². The lowest BCUT2D eigenvalue weighted by molar-refractivity contribution is -0.120. The molecule has 0 aliphatic rings. The first kappa shape index (κ1) is 15.0. The van der Waals surface area contributed by atoms with Crippen LogP contribution in [0.5, 0.6) is 0 Å². The van der Waals surface area contributed by atoms with E-state index in [2.05, 4.69) is 16.0 Å². The van der Waals surface area contributed by atoms with Gasteiger partial charge in [0.25, 0.3) is 5.91 Å². The van der Waals surface area contributed by atoms with Crippen LogP contribution in [0.3, 0.4) is 0 Å². The molecular formula is C14H21N3O2. The minimum absolute atomic E-state index is 0.0514. The fraction of sp³-hybridized carbons (Fsp3) is 0.429. The molecule has 19 heavy (non-hydrogen) atoms. The van der Waals surface area contributed by atoms with E-state index < -0.39 is 0 Å². The van der Waals surface area contributed by atoms with Gasteiger partial charge in [-0.2, -0.15) is 0 Å². The third kappa shape index (κ3) is 4.62. The van der Waals surface area contributed by atoms with Crippen molar-refractivity contribution < 1.29 is 9.59 Å². The molecule has 0 bridgehead atoms. The Balaban J connectivity index is 2.50. The van der Waals surface area contributed by atoms with Crippen LogP contribution in [-0.4, -0.2) is 32.0 Å². The number of benzene rings is 1. The van der Waals surface area contributed by atoms with E-state index >= 15 is 0 Å². The first-order chi connectivity index (χ1) is 9.08. The number of rotatable bonds is 6. The Labute approximate surface area is 113 Å². The fourth-order valence-corrected chi connectivity index (χ4v) is 1.76. The van der Waals surface area contributed by atoms with Crippen molar-refractivity contribution in [2.45, 2.75) is 20.3 Å². The summed E-state index contributed by atoms with van der Waals surface area (Å²) in [4.78, 5) is 23.1. The zero-order chi connectivity index (χ0) is 14.3. The van der Waals surface area contributed by atoms with E-state index in [1.807, 2.05) is 33.0 Å². The molecule has 0 saturated carbocycles. The van der Waals surface area contributed by atoms with E-state index in [1.165, 1.54) is 0 Å². The van der Waals surface area contributed by atoms with E-state index in [1.54, 1.807) is 6.07 Å². The molecule has 1 aromatic rings. The van der Waals surface area contributed by atoms with Gasteiger partial charge in [0.05, 0.1) is 0 Å². The van der Waals surface area contributed by atoms with Crippen LogP contribution in [0.2, 0.25) is 0 Å². The number of anilines is 1. The highest BCUT2D eigenvalue weighted by molar-refractivity contribution is 5.95. The molecule has 1 rings (SSSR count). The molecule has 2 amide bonds. The van der Waals surface area contributed by atoms with Gasteiger partial charge in [0, 0.05) is 37.8 Å². The first-order valence-electron chi connectivity index (χ1n) is 6.41. The molecule has 0 spiro atoms. The summed E-state index contributed by atoms with van der Waals surface area (Å²) in [7, 11) is 1.84. The molecule has 5 nitrogen and oxygen atoms in total. The van der Waals surface area contributed by atoms with Gasteiger partial charge in [0.1, 0.15) is 0 Å². The van der Waals surface area contributed by atoms with Crippen LogP contribution in [0.1, 0.15) is 29.3 Å². The molecule has 0 atom stereocenters. The Morgan fingerprint density at radius 3 is 2.53 bits per heavy atom. The van der Waals surface area contributed by atoms with Crippen molar-refractivity contribution in [1.82, 2.24) is 10.6 Å². The Bertz CT molecular complexity index is 458. The maximum Gasteiger partial charge on any atom is 0.251 e. The van der Waals surface area contributed by atoms with Crippen molar-refractivity contribution in [1.29, 1.82) is 0 Å². The predicted molar refractivity (Wildman–Crippen MR) is 76.4 cm³/mol. The molecule has 0 unspecified atom stereocenters. The summed E-state index contributed by atoms with van der Waals surface area (Å²) in [6, 6.07) is 5.46. The SMILES string of the molecule is CCNC(=O)CCNC(=O)c1ccc(NC)c(C)c1. The summed E-state index contributed by atoms with van der Waals surface area (Å²) in [6.07, 6.45) is 0.299. The monoisotopic (exact) mass is 263 g/mol. The van der Waals surface area contributed by atoms with Gasteiger partial charge in [-0.05, 0) is 37.6 Å². The fourth-order valence-electron chi connectivity index (χ4n) is 1.76. The van der Waals surface area contributed by atoms with Crippen molar-refractivity contribution in [3.05, 3.63) is 29.3 Å². The van der Waals surface area contributed by atoms with Crippen LogP contribution in [0.4, 0.5) is 5.69 Å². The Morgan fingerprint density at radius 2 is 1.95 bits per heavy atom. The molecule has 3 N–H and O–H groups in total. The highest BCUT2D eigenvalue weighted by Crippen LogP contribution is 2.15. The second kappa shape index (κ2) is 7.41. The lowest BCUT2D eigenvalue weighted by Crippen LogP contribution is -2.30. The molecule has 0 aliphatic carbocycles. The molecule has 0 aliphatic heterocycles. The number of aryl methyl sites for hydroxylation is 1. The summed E-state index contributed by atoms with van der Waals surface area (Å²) in [5.74, 6) is -0.209. The van der Waals surface area contributed by atoms with Gasteiger partial charge in [-0.15, -0.1) is 0 Å². The summed E-state index contributed by atoms with van der Waals surface area (Å²) in [6.45, 7) is 4.76. The van der Waals surface area contributed by atoms with Gasteiger partial charge in [-0.3, -0.25) is 9.59 Å². The number of nitrogens with one attached hydrogen (secondary N) is 3. The molecule has 0 radical (unpaired) electrons. The summed E-state index contributed by atoms with van der Waals surface area (Å²) in [5, 5.41) is 8.47. The van der Waals surface area contributed by atoms with Crippen molar-refractivity contribution in [3.63, 3.8) is 0 Å². The number of hydrogen-bond acceptors (Lipinski definition) is 3. The first-order valence-corrected chi connectivity index (χ1v) is 6.41. The topological polar surface area (TPSA) is 70.2 Å². The average molecular weight is 263 g/mol. The lowest BCUT2D eigenvalue weighted by Gasteiger charge is -2.09. The zero-order valence-corrected chi connectivity index (χ0v) is 11.7. The van der Waals surface area contributed by atoms with Crippen LogP contribution < -0.4 is 16.0 Å². The van der Waals surface area contributed by atoms with Gasteiger partial charge in [0.15, 0.2) is 0 Å². The van der Waals surface area contributed by atoms with Gasteiger partial charge in [-0.1, -0.05) is 0 Å². The molecule has 0 fully saturated rings. The highest BCUT2D eigenvalue weighted by atomic mass is 16.2. The molecule has 104 valence electrons. The minimum atomic E-state index is -0.157. The third-order valence-electron chi connectivity index (χ3n) is 2.77. The quantitative estimate of drug-likeness (QED) is 0.724. The van der Waals surface area contributed by atoms with Crippen molar-refractivity contribution in [3.8, 4) is 0 Å². The molecule has 0 heterocycles. The maximum atomic E-state index is 11.9. The molecule has 0 saturated heterocycles. The summed E-state index contributed by atoms with van der Waals surface area (Å²) in [5.41, 5.74) is 2.62.